The molecule has 0 aliphatic heterocycles. The van der Waals surface area contributed by atoms with Crippen molar-refractivity contribution >= 4 is 17.5 Å². The van der Waals surface area contributed by atoms with Crippen LogP contribution in [0.3, 0.4) is 0 Å². The summed E-state index contributed by atoms with van der Waals surface area (Å²) in [4.78, 5) is 11.7. The molecule has 0 radical (unpaired) electrons. The van der Waals surface area contributed by atoms with Crippen molar-refractivity contribution in [3.63, 3.8) is 0 Å². The Hall–Kier alpha value is -1.66. The maximum atomic E-state index is 11.7. The number of hydrogen-bond acceptors (Lipinski definition) is 2. The lowest BCUT2D eigenvalue weighted by Crippen LogP contribution is -2.24. The predicted octanol–water partition coefficient (Wildman–Crippen LogP) is 2.58. The molecule has 1 aromatic rings. The van der Waals surface area contributed by atoms with Gasteiger partial charge in [0.05, 0.1) is 10.6 Å². The van der Waals surface area contributed by atoms with E-state index in [0.717, 1.165) is 12.8 Å². The third kappa shape index (κ3) is 4.38. The fraction of sp³-hybridized carbons (Fsp3) is 0.308. The van der Waals surface area contributed by atoms with E-state index in [-0.39, 0.29) is 17.2 Å². The van der Waals surface area contributed by atoms with Crippen LogP contribution < -0.4 is 5.32 Å². The van der Waals surface area contributed by atoms with E-state index in [9.17, 15) is 9.90 Å². The molecule has 3 nitrogen and oxygen atoms in total. The van der Waals surface area contributed by atoms with Crippen LogP contribution in [0.2, 0.25) is 5.02 Å². The van der Waals surface area contributed by atoms with Crippen LogP contribution in [0.5, 0.6) is 5.75 Å². The summed E-state index contributed by atoms with van der Waals surface area (Å²) in [5, 5.41) is 12.3. The summed E-state index contributed by atoms with van der Waals surface area (Å²) in [6.45, 7) is 0.548. The largest absolute Gasteiger partial charge is 0.508 e. The smallest absolute Gasteiger partial charge is 0.252 e. The van der Waals surface area contributed by atoms with E-state index in [1.165, 1.54) is 18.2 Å². The highest BCUT2D eigenvalue weighted by atomic mass is 35.5. The molecule has 0 bridgehead atoms. The Morgan fingerprint density at radius 3 is 2.94 bits per heavy atom. The minimum Gasteiger partial charge on any atom is -0.508 e. The van der Waals surface area contributed by atoms with Gasteiger partial charge in [-0.3, -0.25) is 4.79 Å². The quantitative estimate of drug-likeness (QED) is 0.624. The van der Waals surface area contributed by atoms with Crippen molar-refractivity contribution in [2.24, 2.45) is 0 Å². The molecule has 0 aliphatic rings. The van der Waals surface area contributed by atoms with Gasteiger partial charge < -0.3 is 10.4 Å². The van der Waals surface area contributed by atoms with Gasteiger partial charge in [0.2, 0.25) is 0 Å². The number of phenols is 1. The first-order chi connectivity index (χ1) is 8.15. The number of unbranched alkanes of at least 4 members (excludes halogenated alkanes) is 2. The zero-order chi connectivity index (χ0) is 12.7. The maximum Gasteiger partial charge on any atom is 0.252 e. The molecular formula is C13H14ClNO2. The Bertz CT molecular complexity index is 438. The van der Waals surface area contributed by atoms with Crippen LogP contribution >= 0.6 is 11.6 Å². The fourth-order valence-electron chi connectivity index (χ4n) is 1.34. The minimum atomic E-state index is -0.286. The van der Waals surface area contributed by atoms with Gasteiger partial charge in [-0.2, -0.15) is 0 Å². The van der Waals surface area contributed by atoms with E-state index in [1.807, 2.05) is 0 Å². The normalized spacial score (nSPS) is 9.65. The molecular weight excluding hydrogens is 238 g/mol. The van der Waals surface area contributed by atoms with Gasteiger partial charge in [0.25, 0.3) is 5.91 Å². The third-order valence-corrected chi connectivity index (χ3v) is 2.56. The van der Waals surface area contributed by atoms with Crippen LogP contribution in [0, 0.1) is 12.3 Å². The first kappa shape index (κ1) is 13.4. The van der Waals surface area contributed by atoms with Gasteiger partial charge in [-0.15, -0.1) is 12.3 Å². The standard InChI is InChI=1S/C13H14ClNO2/c1-2-3-4-5-8-15-13(17)11-9-10(16)6-7-12(11)14/h1,6-7,9,16H,3-5,8H2,(H,15,17). The van der Waals surface area contributed by atoms with Gasteiger partial charge in [-0.1, -0.05) is 11.6 Å². The van der Waals surface area contributed by atoms with Gasteiger partial charge in [-0.05, 0) is 31.0 Å². The Labute approximate surface area is 106 Å². The van der Waals surface area contributed by atoms with Gasteiger partial charge in [-0.25, -0.2) is 0 Å². The number of aromatic hydroxyl groups is 1. The van der Waals surface area contributed by atoms with Crippen LogP contribution in [0.25, 0.3) is 0 Å². The Morgan fingerprint density at radius 1 is 1.47 bits per heavy atom. The summed E-state index contributed by atoms with van der Waals surface area (Å²) in [6.07, 6.45) is 7.53. The SMILES string of the molecule is C#CCCCCNC(=O)c1cc(O)ccc1Cl. The molecule has 0 spiro atoms. The lowest BCUT2D eigenvalue weighted by Gasteiger charge is -2.06. The van der Waals surface area contributed by atoms with Crippen LogP contribution in [0.1, 0.15) is 29.6 Å². The number of amides is 1. The van der Waals surface area contributed by atoms with Crippen molar-refractivity contribution in [2.45, 2.75) is 19.3 Å². The van der Waals surface area contributed by atoms with Crippen molar-refractivity contribution in [2.75, 3.05) is 6.54 Å². The van der Waals surface area contributed by atoms with Crippen molar-refractivity contribution in [1.82, 2.24) is 5.32 Å². The van der Waals surface area contributed by atoms with Gasteiger partial charge in [0, 0.05) is 13.0 Å². The molecule has 0 heterocycles. The molecule has 0 unspecified atom stereocenters. The molecule has 90 valence electrons. The minimum absolute atomic E-state index is 0.0203. The van der Waals surface area contributed by atoms with Crippen LogP contribution in [0.15, 0.2) is 18.2 Å². The molecule has 0 saturated heterocycles. The maximum absolute atomic E-state index is 11.7. The molecule has 1 amide bonds. The summed E-state index contributed by atoms with van der Waals surface area (Å²) < 4.78 is 0. The second-order valence-corrected chi connectivity index (χ2v) is 3.99. The average molecular weight is 252 g/mol. The highest BCUT2D eigenvalue weighted by Gasteiger charge is 2.10. The van der Waals surface area contributed by atoms with Gasteiger partial charge in [0.15, 0.2) is 0 Å². The molecule has 2 N–H and O–H groups in total. The molecule has 4 heteroatoms. The topological polar surface area (TPSA) is 49.3 Å². The second kappa shape index (κ2) is 6.82. The zero-order valence-electron chi connectivity index (χ0n) is 9.37. The van der Waals surface area contributed by atoms with Crippen LogP contribution in [0.4, 0.5) is 0 Å². The Morgan fingerprint density at radius 2 is 2.24 bits per heavy atom. The highest BCUT2D eigenvalue weighted by Crippen LogP contribution is 2.20. The van der Waals surface area contributed by atoms with E-state index in [1.54, 1.807) is 0 Å². The number of nitrogens with one attached hydrogen (secondary N) is 1. The van der Waals surface area contributed by atoms with E-state index in [4.69, 9.17) is 18.0 Å². The lowest BCUT2D eigenvalue weighted by atomic mass is 10.2. The lowest BCUT2D eigenvalue weighted by molar-refractivity contribution is 0.0953. The molecule has 1 rings (SSSR count). The highest BCUT2D eigenvalue weighted by molar-refractivity contribution is 6.33. The summed E-state index contributed by atoms with van der Waals surface area (Å²) in [5.41, 5.74) is 0.281. The molecule has 0 fully saturated rings. The summed E-state index contributed by atoms with van der Waals surface area (Å²) in [5.74, 6) is 2.27. The predicted molar refractivity (Wildman–Crippen MR) is 68.1 cm³/mol. The van der Waals surface area contributed by atoms with Gasteiger partial charge in [0.1, 0.15) is 5.75 Å². The van der Waals surface area contributed by atoms with Gasteiger partial charge >= 0.3 is 0 Å². The van der Waals surface area contributed by atoms with E-state index in [2.05, 4.69) is 11.2 Å². The second-order valence-electron chi connectivity index (χ2n) is 3.58. The summed E-state index contributed by atoms with van der Waals surface area (Å²) >= 11 is 5.86. The van der Waals surface area contributed by atoms with E-state index >= 15 is 0 Å². The molecule has 1 aromatic carbocycles. The number of hydrogen-bond donors (Lipinski definition) is 2. The number of carbonyl (C=O) groups is 1. The number of terminal acetylenes is 1. The first-order valence-corrected chi connectivity index (χ1v) is 5.73. The Kier molecular flexibility index (Phi) is 5.38. The number of benzene rings is 1. The van der Waals surface area contributed by atoms with E-state index < -0.39 is 0 Å². The first-order valence-electron chi connectivity index (χ1n) is 5.35. The van der Waals surface area contributed by atoms with Crippen molar-refractivity contribution in [3.05, 3.63) is 28.8 Å². The van der Waals surface area contributed by atoms with Crippen molar-refractivity contribution in [1.29, 1.82) is 0 Å². The number of phenolic OH excluding ortho intramolecular Hbond substituents is 1. The molecule has 0 aromatic heterocycles. The third-order valence-electron chi connectivity index (χ3n) is 2.23. The monoisotopic (exact) mass is 251 g/mol. The number of rotatable bonds is 5. The number of halogens is 1. The zero-order valence-corrected chi connectivity index (χ0v) is 10.1. The molecule has 17 heavy (non-hydrogen) atoms. The average Bonchev–Trinajstić information content (AvgIpc) is 2.32. The van der Waals surface area contributed by atoms with Crippen molar-refractivity contribution in [3.8, 4) is 18.1 Å². The number of carbonyl (C=O) groups excluding carboxylic acids is 1. The van der Waals surface area contributed by atoms with Crippen molar-refractivity contribution < 1.29 is 9.90 Å². The van der Waals surface area contributed by atoms with E-state index in [0.29, 0.717) is 18.0 Å². The fourth-order valence-corrected chi connectivity index (χ4v) is 1.54. The summed E-state index contributed by atoms with van der Waals surface area (Å²) in [6, 6.07) is 4.27. The summed E-state index contributed by atoms with van der Waals surface area (Å²) in [7, 11) is 0. The molecule has 0 atom stereocenters. The van der Waals surface area contributed by atoms with Crippen LogP contribution in [-0.4, -0.2) is 17.6 Å². The molecule has 0 saturated carbocycles. The van der Waals surface area contributed by atoms with Crippen LogP contribution in [-0.2, 0) is 0 Å². The Balaban J connectivity index is 2.47. The molecule has 0 aliphatic carbocycles.